The second kappa shape index (κ2) is 6.70. The Morgan fingerprint density at radius 2 is 1.96 bits per heavy atom. The van der Waals surface area contributed by atoms with Crippen LogP contribution in [0.1, 0.15) is 25.0 Å². The Balaban J connectivity index is 1.89. The minimum atomic E-state index is -0.441. The molecule has 0 aliphatic rings. The lowest BCUT2D eigenvalue weighted by atomic mass is 10.2. The number of hydrogen-bond acceptors (Lipinski definition) is 5. The molecule has 2 heterocycles. The number of halogens is 2. The van der Waals surface area contributed by atoms with Crippen molar-refractivity contribution in [2.75, 3.05) is 19.4 Å². The van der Waals surface area contributed by atoms with Gasteiger partial charge in [0.1, 0.15) is 15.6 Å². The number of rotatable bonds is 3. The average Bonchev–Trinajstić information content (AvgIpc) is 3.06. The monoisotopic (exact) mass is 397 g/mol. The summed E-state index contributed by atoms with van der Waals surface area (Å²) in [7, 11) is 3.30. The molecule has 130 valence electrons. The van der Waals surface area contributed by atoms with Crippen molar-refractivity contribution in [2.45, 2.75) is 6.92 Å². The van der Waals surface area contributed by atoms with E-state index >= 15 is 0 Å². The number of amides is 2. The summed E-state index contributed by atoms with van der Waals surface area (Å²) < 4.78 is 13.9. The van der Waals surface area contributed by atoms with Crippen LogP contribution in [0.15, 0.2) is 18.2 Å². The molecule has 25 heavy (non-hydrogen) atoms. The van der Waals surface area contributed by atoms with Crippen LogP contribution in [0.25, 0.3) is 10.1 Å². The van der Waals surface area contributed by atoms with E-state index in [4.69, 9.17) is 11.6 Å². The van der Waals surface area contributed by atoms with Gasteiger partial charge in [-0.1, -0.05) is 22.9 Å². The van der Waals surface area contributed by atoms with Crippen LogP contribution in [0.2, 0.25) is 5.02 Å². The van der Waals surface area contributed by atoms with Crippen LogP contribution in [-0.2, 0) is 0 Å². The SMILES string of the molecule is Cc1nc(NC(=O)c2sc3cc(F)ccc3c2Cl)sc1C(=O)N(C)C. The first-order chi connectivity index (χ1) is 11.8. The van der Waals surface area contributed by atoms with Crippen molar-refractivity contribution in [1.82, 2.24) is 9.88 Å². The van der Waals surface area contributed by atoms with Crippen molar-refractivity contribution < 1.29 is 14.0 Å². The molecular formula is C16H13ClFN3O2S2. The predicted molar refractivity (Wildman–Crippen MR) is 99.6 cm³/mol. The summed E-state index contributed by atoms with van der Waals surface area (Å²) in [6, 6.07) is 4.18. The lowest BCUT2D eigenvalue weighted by Gasteiger charge is -2.07. The number of nitrogens with one attached hydrogen (secondary N) is 1. The summed E-state index contributed by atoms with van der Waals surface area (Å²) in [5.74, 6) is -1.00. The summed E-state index contributed by atoms with van der Waals surface area (Å²) >= 11 is 8.46. The first-order valence-corrected chi connectivity index (χ1v) is 9.17. The van der Waals surface area contributed by atoms with Crippen LogP contribution in [0, 0.1) is 12.7 Å². The molecule has 0 aliphatic heterocycles. The molecule has 0 bridgehead atoms. The molecule has 3 aromatic rings. The highest BCUT2D eigenvalue weighted by Crippen LogP contribution is 2.36. The highest BCUT2D eigenvalue weighted by Gasteiger charge is 2.21. The van der Waals surface area contributed by atoms with Gasteiger partial charge >= 0.3 is 0 Å². The number of benzene rings is 1. The minimum Gasteiger partial charge on any atom is -0.344 e. The number of carbonyl (C=O) groups is 2. The fourth-order valence-electron chi connectivity index (χ4n) is 2.19. The van der Waals surface area contributed by atoms with E-state index in [1.54, 1.807) is 27.1 Å². The molecule has 0 atom stereocenters. The van der Waals surface area contributed by atoms with E-state index in [2.05, 4.69) is 10.3 Å². The molecule has 0 spiro atoms. The van der Waals surface area contributed by atoms with Gasteiger partial charge in [-0.2, -0.15) is 0 Å². The maximum Gasteiger partial charge on any atom is 0.269 e. The zero-order valence-corrected chi connectivity index (χ0v) is 15.9. The Labute approximate surface area is 156 Å². The average molecular weight is 398 g/mol. The Kier molecular flexibility index (Phi) is 4.77. The molecule has 0 fully saturated rings. The van der Waals surface area contributed by atoms with E-state index in [0.29, 0.717) is 25.8 Å². The van der Waals surface area contributed by atoms with Gasteiger partial charge in [0.15, 0.2) is 5.13 Å². The van der Waals surface area contributed by atoms with E-state index in [0.717, 1.165) is 22.7 Å². The van der Waals surface area contributed by atoms with Crippen LogP contribution in [0.4, 0.5) is 9.52 Å². The van der Waals surface area contributed by atoms with E-state index < -0.39 is 5.91 Å². The maximum atomic E-state index is 13.3. The Hall–Kier alpha value is -2.03. The van der Waals surface area contributed by atoms with Crippen LogP contribution in [-0.4, -0.2) is 35.8 Å². The van der Waals surface area contributed by atoms with Crippen LogP contribution in [0.5, 0.6) is 0 Å². The highest BCUT2D eigenvalue weighted by molar-refractivity contribution is 7.22. The lowest BCUT2D eigenvalue weighted by molar-refractivity contribution is 0.0831. The number of anilines is 1. The molecule has 0 saturated carbocycles. The van der Waals surface area contributed by atoms with Crippen molar-refractivity contribution in [3.05, 3.63) is 44.5 Å². The van der Waals surface area contributed by atoms with Crippen molar-refractivity contribution in [2.24, 2.45) is 0 Å². The minimum absolute atomic E-state index is 0.175. The number of fused-ring (bicyclic) bond motifs is 1. The molecule has 0 unspecified atom stereocenters. The van der Waals surface area contributed by atoms with E-state index in [-0.39, 0.29) is 21.6 Å². The standard InChI is InChI=1S/C16H13ClFN3O2S2/c1-7-12(15(23)21(2)3)25-16(19-7)20-14(22)13-11(17)9-5-4-8(18)6-10(9)24-13/h4-6H,1-3H3,(H,19,20,22). The van der Waals surface area contributed by atoms with Gasteiger partial charge in [-0.15, -0.1) is 11.3 Å². The van der Waals surface area contributed by atoms with Crippen LogP contribution < -0.4 is 5.32 Å². The quantitative estimate of drug-likeness (QED) is 0.711. The Morgan fingerprint density at radius 3 is 2.64 bits per heavy atom. The van der Waals surface area contributed by atoms with Crippen LogP contribution in [0.3, 0.4) is 0 Å². The van der Waals surface area contributed by atoms with Crippen molar-refractivity contribution in [3.8, 4) is 0 Å². The molecule has 0 saturated heterocycles. The van der Waals surface area contributed by atoms with Crippen molar-refractivity contribution in [1.29, 1.82) is 0 Å². The third-order valence-corrected chi connectivity index (χ3v) is 6.13. The Morgan fingerprint density at radius 1 is 1.24 bits per heavy atom. The number of aryl methyl sites for hydroxylation is 1. The van der Waals surface area contributed by atoms with Crippen molar-refractivity contribution in [3.63, 3.8) is 0 Å². The number of thiazole rings is 1. The molecule has 2 amide bonds. The van der Waals surface area contributed by atoms with Gasteiger partial charge in [0, 0.05) is 24.2 Å². The second-order valence-corrected chi connectivity index (χ2v) is 7.90. The first-order valence-electron chi connectivity index (χ1n) is 7.16. The molecule has 5 nitrogen and oxygen atoms in total. The van der Waals surface area contributed by atoms with E-state index in [9.17, 15) is 14.0 Å². The van der Waals surface area contributed by atoms with Gasteiger partial charge in [0.05, 0.1) is 10.7 Å². The van der Waals surface area contributed by atoms with Gasteiger partial charge in [-0.05, 0) is 25.1 Å². The van der Waals surface area contributed by atoms with Gasteiger partial charge in [-0.25, -0.2) is 9.37 Å². The second-order valence-electron chi connectivity index (χ2n) is 5.47. The van der Waals surface area contributed by atoms with Gasteiger partial charge in [0.2, 0.25) is 0 Å². The topological polar surface area (TPSA) is 62.3 Å². The van der Waals surface area contributed by atoms with Crippen molar-refractivity contribution >= 4 is 61.3 Å². The summed E-state index contributed by atoms with van der Waals surface area (Å²) in [5, 5.41) is 3.87. The summed E-state index contributed by atoms with van der Waals surface area (Å²) in [5.41, 5.74) is 0.545. The normalized spacial score (nSPS) is 10.9. The summed E-state index contributed by atoms with van der Waals surface area (Å²) in [6.45, 7) is 1.71. The molecule has 3 rings (SSSR count). The zero-order valence-electron chi connectivity index (χ0n) is 13.5. The predicted octanol–water partition coefficient (Wildman–Crippen LogP) is 4.41. The lowest BCUT2D eigenvalue weighted by Crippen LogP contribution is -2.21. The fraction of sp³-hybridized carbons (Fsp3) is 0.188. The highest BCUT2D eigenvalue weighted by atomic mass is 35.5. The van der Waals surface area contributed by atoms with E-state index in [1.165, 1.54) is 17.0 Å². The third kappa shape index (κ3) is 3.37. The van der Waals surface area contributed by atoms with Crippen LogP contribution >= 0.6 is 34.3 Å². The molecule has 9 heteroatoms. The molecule has 0 aliphatic carbocycles. The first kappa shape index (κ1) is 17.8. The smallest absolute Gasteiger partial charge is 0.269 e. The van der Waals surface area contributed by atoms with Gasteiger partial charge in [-0.3, -0.25) is 14.9 Å². The molecule has 0 radical (unpaired) electrons. The number of carbonyl (C=O) groups excluding carboxylic acids is 2. The number of nitrogens with zero attached hydrogens (tertiary/aromatic N) is 2. The van der Waals surface area contributed by atoms with E-state index in [1.807, 2.05) is 0 Å². The number of aromatic nitrogens is 1. The molecule has 1 aromatic carbocycles. The van der Waals surface area contributed by atoms with Gasteiger partial charge in [0.25, 0.3) is 11.8 Å². The molecular weight excluding hydrogens is 385 g/mol. The third-order valence-electron chi connectivity index (χ3n) is 3.42. The zero-order chi connectivity index (χ0) is 18.3. The number of hydrogen-bond donors (Lipinski definition) is 1. The molecule has 1 N–H and O–H groups in total. The Bertz CT molecular complexity index is 997. The maximum absolute atomic E-state index is 13.3. The number of thiophene rings is 1. The largest absolute Gasteiger partial charge is 0.344 e. The summed E-state index contributed by atoms with van der Waals surface area (Å²) in [4.78, 5) is 31.0. The van der Waals surface area contributed by atoms with Gasteiger partial charge < -0.3 is 4.90 Å². The fourth-order valence-corrected chi connectivity index (χ4v) is 4.61. The summed E-state index contributed by atoms with van der Waals surface area (Å²) in [6.07, 6.45) is 0. The molecule has 2 aromatic heterocycles.